The second-order valence-corrected chi connectivity index (χ2v) is 4.64. The molecule has 3 rings (SSSR count). The SMILES string of the molecule is O=C(Nc1ccc([N+](=O)[O-])c2c1OCO2)OCc1ccccc1. The van der Waals surface area contributed by atoms with Gasteiger partial charge in [-0.05, 0) is 11.6 Å². The van der Waals surface area contributed by atoms with E-state index in [1.807, 2.05) is 30.3 Å². The van der Waals surface area contributed by atoms with E-state index in [1.165, 1.54) is 12.1 Å². The van der Waals surface area contributed by atoms with Crippen molar-refractivity contribution in [2.45, 2.75) is 6.61 Å². The minimum Gasteiger partial charge on any atom is -0.451 e. The second kappa shape index (κ2) is 6.22. The molecule has 8 heteroatoms. The Morgan fingerprint density at radius 1 is 1.17 bits per heavy atom. The van der Waals surface area contributed by atoms with Crippen molar-refractivity contribution < 1.29 is 23.9 Å². The maximum Gasteiger partial charge on any atom is 0.412 e. The molecule has 23 heavy (non-hydrogen) atoms. The molecule has 2 aromatic carbocycles. The summed E-state index contributed by atoms with van der Waals surface area (Å²) in [6.45, 7) is -0.0346. The molecule has 1 aliphatic rings. The van der Waals surface area contributed by atoms with Gasteiger partial charge in [-0.3, -0.25) is 15.4 Å². The Morgan fingerprint density at radius 2 is 1.91 bits per heavy atom. The lowest BCUT2D eigenvalue weighted by atomic mass is 10.2. The fourth-order valence-electron chi connectivity index (χ4n) is 2.09. The van der Waals surface area contributed by atoms with E-state index < -0.39 is 11.0 Å². The number of nitrogens with one attached hydrogen (secondary N) is 1. The van der Waals surface area contributed by atoms with Crippen LogP contribution in [0, 0.1) is 10.1 Å². The number of hydrogen-bond acceptors (Lipinski definition) is 6. The molecule has 8 nitrogen and oxygen atoms in total. The maximum atomic E-state index is 11.8. The van der Waals surface area contributed by atoms with Crippen LogP contribution in [-0.4, -0.2) is 17.8 Å². The van der Waals surface area contributed by atoms with Crippen molar-refractivity contribution in [1.29, 1.82) is 0 Å². The Morgan fingerprint density at radius 3 is 2.65 bits per heavy atom. The Labute approximate surface area is 130 Å². The van der Waals surface area contributed by atoms with Crippen LogP contribution in [0.1, 0.15) is 5.56 Å². The number of hydrogen-bond donors (Lipinski definition) is 1. The normalized spacial score (nSPS) is 11.8. The molecule has 0 radical (unpaired) electrons. The third-order valence-corrected chi connectivity index (χ3v) is 3.14. The minimum absolute atomic E-state index is 0.00383. The molecule has 2 aromatic rings. The smallest absolute Gasteiger partial charge is 0.412 e. The molecule has 0 unspecified atom stereocenters. The number of nitro groups is 1. The fourth-order valence-corrected chi connectivity index (χ4v) is 2.09. The first-order valence-corrected chi connectivity index (χ1v) is 6.70. The van der Waals surface area contributed by atoms with Gasteiger partial charge in [-0.25, -0.2) is 4.79 Å². The van der Waals surface area contributed by atoms with Crippen LogP contribution in [0.2, 0.25) is 0 Å². The first-order chi connectivity index (χ1) is 11.1. The molecule has 0 aliphatic carbocycles. The molecule has 0 saturated heterocycles. The first-order valence-electron chi connectivity index (χ1n) is 6.70. The van der Waals surface area contributed by atoms with E-state index in [4.69, 9.17) is 14.2 Å². The zero-order valence-electron chi connectivity index (χ0n) is 11.9. The van der Waals surface area contributed by atoms with Gasteiger partial charge in [-0.2, -0.15) is 0 Å². The number of amides is 1. The average molecular weight is 316 g/mol. The van der Waals surface area contributed by atoms with E-state index >= 15 is 0 Å². The van der Waals surface area contributed by atoms with Crippen molar-refractivity contribution >= 4 is 17.5 Å². The highest BCUT2D eigenvalue weighted by atomic mass is 16.7. The van der Waals surface area contributed by atoms with Crippen molar-refractivity contribution in [3.8, 4) is 11.5 Å². The predicted molar refractivity (Wildman–Crippen MR) is 79.5 cm³/mol. The highest BCUT2D eigenvalue weighted by Crippen LogP contribution is 2.45. The van der Waals surface area contributed by atoms with Crippen molar-refractivity contribution in [3.05, 3.63) is 58.1 Å². The molecule has 0 spiro atoms. The molecule has 0 saturated carbocycles. The predicted octanol–water partition coefficient (Wildman–Crippen LogP) is 3.07. The molecule has 1 amide bonds. The lowest BCUT2D eigenvalue weighted by molar-refractivity contribution is -0.385. The van der Waals surface area contributed by atoms with Gasteiger partial charge < -0.3 is 14.2 Å². The summed E-state index contributed by atoms with van der Waals surface area (Å²) in [4.78, 5) is 22.2. The van der Waals surface area contributed by atoms with Crippen molar-refractivity contribution in [3.63, 3.8) is 0 Å². The number of nitro benzene ring substituents is 1. The van der Waals surface area contributed by atoms with Crippen LogP contribution < -0.4 is 14.8 Å². The third kappa shape index (κ3) is 3.15. The molecule has 118 valence electrons. The van der Waals surface area contributed by atoms with Gasteiger partial charge in [-0.1, -0.05) is 30.3 Å². The summed E-state index contributed by atoms with van der Waals surface area (Å²) in [5, 5.41) is 13.4. The summed E-state index contributed by atoms with van der Waals surface area (Å²) in [5.41, 5.74) is 0.873. The topological polar surface area (TPSA) is 99.9 Å². The Kier molecular flexibility index (Phi) is 3.96. The third-order valence-electron chi connectivity index (χ3n) is 3.14. The minimum atomic E-state index is -0.694. The van der Waals surface area contributed by atoms with Gasteiger partial charge in [-0.15, -0.1) is 0 Å². The van der Waals surface area contributed by atoms with Gasteiger partial charge in [0.25, 0.3) is 0 Å². The highest BCUT2D eigenvalue weighted by molar-refractivity contribution is 5.88. The molecule has 0 atom stereocenters. The lowest BCUT2D eigenvalue weighted by Crippen LogP contribution is -2.14. The van der Waals surface area contributed by atoms with E-state index in [0.29, 0.717) is 0 Å². The van der Waals surface area contributed by atoms with E-state index in [-0.39, 0.29) is 36.3 Å². The summed E-state index contributed by atoms with van der Waals surface area (Å²) in [7, 11) is 0. The van der Waals surface area contributed by atoms with Crippen LogP contribution in [-0.2, 0) is 11.3 Å². The van der Waals surface area contributed by atoms with Crippen LogP contribution in [0.25, 0.3) is 0 Å². The Hall–Kier alpha value is -3.29. The zero-order valence-corrected chi connectivity index (χ0v) is 11.9. The van der Waals surface area contributed by atoms with E-state index in [1.54, 1.807) is 0 Å². The van der Waals surface area contributed by atoms with Crippen LogP contribution in [0.15, 0.2) is 42.5 Å². The summed E-state index contributed by atoms with van der Waals surface area (Å²) < 4.78 is 15.4. The number of benzene rings is 2. The average Bonchev–Trinajstić information content (AvgIpc) is 3.04. The Bertz CT molecular complexity index is 747. The summed E-state index contributed by atoms with van der Waals surface area (Å²) in [6.07, 6.45) is -0.694. The zero-order chi connectivity index (χ0) is 16.2. The van der Waals surface area contributed by atoms with Crippen LogP contribution in [0.3, 0.4) is 0 Å². The van der Waals surface area contributed by atoms with Gasteiger partial charge in [0, 0.05) is 6.07 Å². The van der Waals surface area contributed by atoms with Crippen LogP contribution in [0.5, 0.6) is 11.5 Å². The molecule has 1 heterocycles. The summed E-state index contributed by atoms with van der Waals surface area (Å²) >= 11 is 0. The lowest BCUT2D eigenvalue weighted by Gasteiger charge is -2.09. The van der Waals surface area contributed by atoms with Crippen molar-refractivity contribution in [2.75, 3.05) is 12.1 Å². The summed E-state index contributed by atoms with van der Waals surface area (Å²) in [6, 6.07) is 11.8. The van der Waals surface area contributed by atoms with Crippen molar-refractivity contribution in [1.82, 2.24) is 0 Å². The second-order valence-electron chi connectivity index (χ2n) is 4.64. The van der Waals surface area contributed by atoms with Gasteiger partial charge in [0.2, 0.25) is 12.5 Å². The molecule has 0 aromatic heterocycles. The molecule has 0 bridgehead atoms. The first kappa shape index (κ1) is 14.6. The number of anilines is 1. The van der Waals surface area contributed by atoms with E-state index in [2.05, 4.69) is 5.32 Å². The van der Waals surface area contributed by atoms with E-state index in [0.717, 1.165) is 5.56 Å². The molecule has 1 N–H and O–H groups in total. The Balaban J connectivity index is 1.70. The van der Waals surface area contributed by atoms with Crippen molar-refractivity contribution in [2.24, 2.45) is 0 Å². The summed E-state index contributed by atoms with van der Waals surface area (Å²) in [5.74, 6) is 0.117. The van der Waals surface area contributed by atoms with Gasteiger partial charge >= 0.3 is 11.8 Å². The van der Waals surface area contributed by atoms with Gasteiger partial charge in [0.1, 0.15) is 6.61 Å². The number of nitrogens with zero attached hydrogens (tertiary/aromatic N) is 1. The fraction of sp³-hybridized carbons (Fsp3) is 0.133. The molecular formula is C15H12N2O6. The highest BCUT2D eigenvalue weighted by Gasteiger charge is 2.29. The number of rotatable bonds is 4. The van der Waals surface area contributed by atoms with Crippen LogP contribution in [0.4, 0.5) is 16.2 Å². The molecular weight excluding hydrogens is 304 g/mol. The quantitative estimate of drug-likeness (QED) is 0.687. The van der Waals surface area contributed by atoms with E-state index in [9.17, 15) is 14.9 Å². The number of carbonyl (C=O) groups excluding carboxylic acids is 1. The van der Waals surface area contributed by atoms with Gasteiger partial charge in [0.05, 0.1) is 10.6 Å². The maximum absolute atomic E-state index is 11.8. The largest absolute Gasteiger partial charge is 0.451 e. The number of fused-ring (bicyclic) bond motifs is 1. The standard InChI is InChI=1S/C15H12N2O6/c18-15(21-8-10-4-2-1-3-5-10)16-11-6-7-12(17(19)20)14-13(11)22-9-23-14/h1-7H,8-9H2,(H,16,18). The number of ether oxygens (including phenoxy) is 3. The molecule has 0 fully saturated rings. The number of carbonyl (C=O) groups is 1. The molecule has 1 aliphatic heterocycles. The van der Waals surface area contributed by atoms with Gasteiger partial charge in [0.15, 0.2) is 5.75 Å². The van der Waals surface area contributed by atoms with Crippen LogP contribution >= 0.6 is 0 Å². The monoisotopic (exact) mass is 316 g/mol.